The highest BCUT2D eigenvalue weighted by Gasteiger charge is 2.16. The summed E-state index contributed by atoms with van der Waals surface area (Å²) < 4.78 is 5.43. The Labute approximate surface area is 167 Å². The number of amides is 2. The van der Waals surface area contributed by atoms with Crippen LogP contribution in [0.3, 0.4) is 0 Å². The molecule has 0 bridgehead atoms. The maximum absolute atomic E-state index is 12.6. The maximum Gasteiger partial charge on any atom is 0.267 e. The van der Waals surface area contributed by atoms with Gasteiger partial charge in [0.25, 0.3) is 11.8 Å². The summed E-state index contributed by atoms with van der Waals surface area (Å²) in [6, 6.07) is 16.7. The predicted molar refractivity (Wildman–Crippen MR) is 111 cm³/mol. The van der Waals surface area contributed by atoms with Crippen LogP contribution in [0.1, 0.15) is 15.4 Å². The molecule has 2 aromatic carbocycles. The number of hydrogen-bond donors (Lipinski definition) is 1. The fraction of sp³-hybridized carbons (Fsp3) is 0.190. The third kappa shape index (κ3) is 4.75. The van der Waals surface area contributed by atoms with Crippen LogP contribution in [0.25, 0.3) is 10.6 Å². The first-order valence-electron chi connectivity index (χ1n) is 8.71. The van der Waals surface area contributed by atoms with Gasteiger partial charge in [0, 0.05) is 25.3 Å². The Morgan fingerprint density at radius 3 is 2.39 bits per heavy atom. The zero-order valence-electron chi connectivity index (χ0n) is 15.9. The van der Waals surface area contributed by atoms with Crippen LogP contribution in [0.2, 0.25) is 0 Å². The summed E-state index contributed by atoms with van der Waals surface area (Å²) in [5.41, 5.74) is 2.33. The zero-order chi connectivity index (χ0) is 20.1. The second-order valence-electron chi connectivity index (χ2n) is 6.35. The highest BCUT2D eigenvalue weighted by molar-refractivity contribution is 7.17. The molecule has 28 heavy (non-hydrogen) atoms. The van der Waals surface area contributed by atoms with Crippen molar-refractivity contribution in [2.24, 2.45) is 0 Å². The molecule has 3 aromatic rings. The van der Waals surface area contributed by atoms with Crippen LogP contribution in [0.4, 0.5) is 5.69 Å². The largest absolute Gasteiger partial charge is 0.484 e. The van der Waals surface area contributed by atoms with E-state index in [1.807, 2.05) is 37.3 Å². The van der Waals surface area contributed by atoms with E-state index in [1.165, 1.54) is 16.2 Å². The van der Waals surface area contributed by atoms with Gasteiger partial charge in [-0.1, -0.05) is 30.3 Å². The topological polar surface area (TPSA) is 71.5 Å². The van der Waals surface area contributed by atoms with Crippen LogP contribution in [0, 0.1) is 6.92 Å². The standard InChI is InChI=1S/C21H21N3O3S/c1-14-19(28-21(22-14)15-7-5-4-6-8-15)20(26)23-16-9-11-17(12-10-16)27-13-18(25)24(2)3/h4-12H,13H2,1-3H3,(H,23,26). The van der Waals surface area contributed by atoms with Gasteiger partial charge >= 0.3 is 0 Å². The number of aromatic nitrogens is 1. The SMILES string of the molecule is Cc1nc(-c2ccccc2)sc1C(=O)Nc1ccc(OCC(=O)N(C)C)cc1. The fourth-order valence-electron chi connectivity index (χ4n) is 2.41. The van der Waals surface area contributed by atoms with Crippen molar-refractivity contribution >= 4 is 28.8 Å². The second-order valence-corrected chi connectivity index (χ2v) is 7.35. The van der Waals surface area contributed by atoms with Gasteiger partial charge in [-0.05, 0) is 31.2 Å². The van der Waals surface area contributed by atoms with Crippen molar-refractivity contribution in [3.63, 3.8) is 0 Å². The molecule has 1 aromatic heterocycles. The summed E-state index contributed by atoms with van der Waals surface area (Å²) in [6.07, 6.45) is 0. The molecular weight excluding hydrogens is 374 g/mol. The molecule has 0 unspecified atom stereocenters. The summed E-state index contributed by atoms with van der Waals surface area (Å²) >= 11 is 1.37. The van der Waals surface area contributed by atoms with Crippen molar-refractivity contribution in [3.05, 3.63) is 65.2 Å². The lowest BCUT2D eigenvalue weighted by atomic mass is 10.2. The zero-order valence-corrected chi connectivity index (χ0v) is 16.7. The summed E-state index contributed by atoms with van der Waals surface area (Å²) in [4.78, 5) is 30.8. The number of benzene rings is 2. The lowest BCUT2D eigenvalue weighted by Gasteiger charge is -2.11. The highest BCUT2D eigenvalue weighted by atomic mass is 32.1. The van der Waals surface area contributed by atoms with Crippen LogP contribution in [0.5, 0.6) is 5.75 Å². The highest BCUT2D eigenvalue weighted by Crippen LogP contribution is 2.28. The third-order valence-corrected chi connectivity index (χ3v) is 5.20. The van der Waals surface area contributed by atoms with Crippen molar-refractivity contribution in [3.8, 4) is 16.3 Å². The van der Waals surface area contributed by atoms with Crippen LogP contribution in [0.15, 0.2) is 54.6 Å². The number of likely N-dealkylation sites (N-methyl/N-ethyl adjacent to an activating group) is 1. The van der Waals surface area contributed by atoms with Gasteiger partial charge in [-0.15, -0.1) is 11.3 Å². The number of nitrogens with one attached hydrogen (secondary N) is 1. The Balaban J connectivity index is 1.65. The summed E-state index contributed by atoms with van der Waals surface area (Å²) in [5.74, 6) is 0.245. The number of hydrogen-bond acceptors (Lipinski definition) is 5. The number of nitrogens with zero attached hydrogens (tertiary/aromatic N) is 2. The molecule has 1 N–H and O–H groups in total. The molecule has 0 spiro atoms. The Morgan fingerprint density at radius 2 is 1.75 bits per heavy atom. The van der Waals surface area contributed by atoms with Gasteiger partial charge in [0.05, 0.1) is 5.69 Å². The van der Waals surface area contributed by atoms with E-state index in [2.05, 4.69) is 10.3 Å². The van der Waals surface area contributed by atoms with Gasteiger partial charge < -0.3 is 15.0 Å². The molecule has 6 nitrogen and oxygen atoms in total. The lowest BCUT2D eigenvalue weighted by molar-refractivity contribution is -0.130. The van der Waals surface area contributed by atoms with Crippen LogP contribution in [-0.2, 0) is 4.79 Å². The number of carbonyl (C=O) groups excluding carboxylic acids is 2. The summed E-state index contributed by atoms with van der Waals surface area (Å²) in [5, 5.41) is 3.69. The molecule has 1 heterocycles. The molecule has 0 fully saturated rings. The fourth-order valence-corrected chi connectivity index (χ4v) is 3.37. The van der Waals surface area contributed by atoms with E-state index in [0.29, 0.717) is 22.0 Å². The molecule has 0 saturated heterocycles. The molecule has 144 valence electrons. The van der Waals surface area contributed by atoms with E-state index in [9.17, 15) is 9.59 Å². The minimum atomic E-state index is -0.200. The van der Waals surface area contributed by atoms with Gasteiger partial charge in [0.1, 0.15) is 15.6 Å². The molecule has 0 saturated carbocycles. The molecule has 7 heteroatoms. The van der Waals surface area contributed by atoms with Crippen molar-refractivity contribution in [2.45, 2.75) is 6.92 Å². The minimum Gasteiger partial charge on any atom is -0.484 e. The first-order valence-corrected chi connectivity index (χ1v) is 9.53. The number of rotatable bonds is 6. The molecule has 2 amide bonds. The second kappa shape index (κ2) is 8.67. The normalized spacial score (nSPS) is 10.4. The van der Waals surface area contributed by atoms with Crippen molar-refractivity contribution in [1.29, 1.82) is 0 Å². The Morgan fingerprint density at radius 1 is 1.07 bits per heavy atom. The van der Waals surface area contributed by atoms with Gasteiger partial charge in [-0.25, -0.2) is 4.98 Å². The Bertz CT molecular complexity index is 966. The van der Waals surface area contributed by atoms with E-state index in [-0.39, 0.29) is 18.4 Å². The molecule has 0 aliphatic heterocycles. The molecule has 0 aliphatic rings. The minimum absolute atomic E-state index is 0.0268. The average molecular weight is 395 g/mol. The van der Waals surface area contributed by atoms with Crippen molar-refractivity contribution < 1.29 is 14.3 Å². The van der Waals surface area contributed by atoms with Crippen LogP contribution >= 0.6 is 11.3 Å². The number of aryl methyl sites for hydroxylation is 1. The molecule has 0 radical (unpaired) electrons. The molecule has 0 atom stereocenters. The van der Waals surface area contributed by atoms with Gasteiger partial charge in [-0.3, -0.25) is 9.59 Å². The van der Waals surface area contributed by atoms with E-state index < -0.39 is 0 Å². The molecule has 3 rings (SSSR count). The van der Waals surface area contributed by atoms with E-state index >= 15 is 0 Å². The first-order chi connectivity index (χ1) is 13.4. The van der Waals surface area contributed by atoms with Crippen molar-refractivity contribution in [2.75, 3.05) is 26.0 Å². The van der Waals surface area contributed by atoms with E-state index in [1.54, 1.807) is 38.4 Å². The first kappa shape index (κ1) is 19.6. The van der Waals surface area contributed by atoms with Crippen LogP contribution < -0.4 is 10.1 Å². The average Bonchev–Trinajstić information content (AvgIpc) is 3.09. The van der Waals surface area contributed by atoms with Crippen molar-refractivity contribution in [1.82, 2.24) is 9.88 Å². The number of ether oxygens (including phenoxy) is 1. The number of anilines is 1. The summed E-state index contributed by atoms with van der Waals surface area (Å²) in [6.45, 7) is 1.80. The van der Waals surface area contributed by atoms with Gasteiger partial charge in [0.2, 0.25) is 0 Å². The predicted octanol–water partition coefficient (Wildman–Crippen LogP) is 3.84. The number of carbonyl (C=O) groups is 2. The van der Waals surface area contributed by atoms with Gasteiger partial charge in [-0.2, -0.15) is 0 Å². The maximum atomic E-state index is 12.6. The summed E-state index contributed by atoms with van der Waals surface area (Å²) in [7, 11) is 3.35. The Kier molecular flexibility index (Phi) is 6.06. The Hall–Kier alpha value is -3.19. The molecular formula is C21H21N3O3S. The smallest absolute Gasteiger partial charge is 0.267 e. The monoisotopic (exact) mass is 395 g/mol. The molecule has 0 aliphatic carbocycles. The van der Waals surface area contributed by atoms with E-state index in [0.717, 1.165) is 10.6 Å². The quantitative estimate of drug-likeness (QED) is 0.688. The van der Waals surface area contributed by atoms with Gasteiger partial charge in [0.15, 0.2) is 6.61 Å². The lowest BCUT2D eigenvalue weighted by Crippen LogP contribution is -2.27. The van der Waals surface area contributed by atoms with E-state index in [4.69, 9.17) is 4.74 Å². The third-order valence-electron chi connectivity index (χ3n) is 4.00. The van der Waals surface area contributed by atoms with Crippen LogP contribution in [-0.4, -0.2) is 42.4 Å². The number of thiazole rings is 1.